The first-order chi connectivity index (χ1) is 11.0. The average molecular weight is 373 g/mol. The van der Waals surface area contributed by atoms with E-state index in [-0.39, 0.29) is 7.43 Å². The van der Waals surface area contributed by atoms with E-state index < -0.39 is 0 Å². The molecule has 0 saturated carbocycles. The van der Waals surface area contributed by atoms with Gasteiger partial charge >= 0.3 is 0 Å². The van der Waals surface area contributed by atoms with E-state index >= 15 is 0 Å². The summed E-state index contributed by atoms with van der Waals surface area (Å²) in [4.78, 5) is 20.4. The van der Waals surface area contributed by atoms with Crippen molar-refractivity contribution in [1.82, 2.24) is 0 Å². The summed E-state index contributed by atoms with van der Waals surface area (Å²) in [5.41, 5.74) is 0.472. The zero-order valence-electron chi connectivity index (χ0n) is 12.4. The van der Waals surface area contributed by atoms with Crippen molar-refractivity contribution in [3.05, 3.63) is 52.0 Å². The van der Waals surface area contributed by atoms with E-state index in [1.807, 2.05) is 0 Å². The van der Waals surface area contributed by atoms with Crippen LogP contribution in [0.3, 0.4) is 0 Å². The van der Waals surface area contributed by atoms with Gasteiger partial charge in [0.1, 0.15) is 5.75 Å². The van der Waals surface area contributed by atoms with Crippen molar-refractivity contribution in [3.8, 4) is 17.2 Å². The molecule has 0 aliphatic rings. The summed E-state index contributed by atoms with van der Waals surface area (Å²) in [6.07, 6.45) is 0.713. The predicted molar refractivity (Wildman–Crippen MR) is 94.8 cm³/mol. The van der Waals surface area contributed by atoms with E-state index in [1.165, 1.54) is 20.3 Å². The van der Waals surface area contributed by atoms with Crippen LogP contribution in [-0.2, 0) is 4.79 Å². The van der Waals surface area contributed by atoms with E-state index in [4.69, 9.17) is 32.7 Å². The van der Waals surface area contributed by atoms with Gasteiger partial charge in [-0.05, 0) is 30.3 Å². The molecule has 0 amide bonds. The fraction of sp³-hybridized carbons (Fsp3) is 0.176. The summed E-state index contributed by atoms with van der Waals surface area (Å²) in [5.74, 6) is 1.34. The van der Waals surface area contributed by atoms with Crippen molar-refractivity contribution in [1.29, 1.82) is 0 Å². The van der Waals surface area contributed by atoms with Crippen LogP contribution in [-0.4, -0.2) is 27.0 Å². The highest BCUT2D eigenvalue weighted by atomic mass is 35.5. The molecule has 2 aromatic rings. The van der Waals surface area contributed by atoms with Crippen LogP contribution in [0.5, 0.6) is 17.2 Å². The summed E-state index contributed by atoms with van der Waals surface area (Å²) in [5, 5.41) is 1.03. The lowest BCUT2D eigenvalue weighted by Crippen LogP contribution is -1.92. The Labute approximate surface area is 151 Å². The molecule has 0 fully saturated rings. The molecule has 0 aliphatic carbocycles. The van der Waals surface area contributed by atoms with Crippen LogP contribution in [0.4, 0.5) is 0 Å². The maximum Gasteiger partial charge on any atom is 0.298 e. The third-order valence-electron chi connectivity index (χ3n) is 2.62. The molecule has 0 spiro atoms. The van der Waals surface area contributed by atoms with Crippen LogP contribution in [0.15, 0.2) is 36.4 Å². The number of hydrogen-bond donors (Lipinski definition) is 0. The Bertz CT molecular complexity index is 674. The first-order valence-electron chi connectivity index (χ1n) is 6.28. The summed E-state index contributed by atoms with van der Waals surface area (Å²) in [6.45, 7) is 0.328. The lowest BCUT2D eigenvalue weighted by Gasteiger charge is -2.05. The van der Waals surface area contributed by atoms with Crippen LogP contribution in [0.2, 0.25) is 10.0 Å². The number of halogens is 2. The zero-order chi connectivity index (χ0) is 17.2. The molecule has 0 radical (unpaired) electrons. The number of benzene rings is 2. The average Bonchev–Trinajstić information content (AvgIpc) is 2.56. The second-order valence-corrected chi connectivity index (χ2v) is 4.89. The molecule has 24 heavy (non-hydrogen) atoms. The minimum absolute atomic E-state index is 0. The van der Waals surface area contributed by atoms with E-state index in [0.29, 0.717) is 45.6 Å². The molecule has 130 valence electrons. The van der Waals surface area contributed by atoms with E-state index in [1.54, 1.807) is 30.3 Å². The Morgan fingerprint density at radius 1 is 0.833 bits per heavy atom. The number of carbonyl (C=O) groups excluding carboxylic acids is 2. The molecule has 2 rings (SSSR count). The van der Waals surface area contributed by atoms with Crippen molar-refractivity contribution in [3.63, 3.8) is 0 Å². The van der Waals surface area contributed by atoms with Gasteiger partial charge in [-0.1, -0.05) is 30.6 Å². The monoisotopic (exact) mass is 372 g/mol. The molecule has 0 N–H and O–H groups in total. The number of hydrogen-bond acceptors (Lipinski definition) is 5. The van der Waals surface area contributed by atoms with E-state index in [9.17, 15) is 9.59 Å². The Kier molecular flexibility index (Phi) is 10.3. The second-order valence-electron chi connectivity index (χ2n) is 4.01. The molecule has 0 unspecified atom stereocenters. The van der Waals surface area contributed by atoms with Crippen molar-refractivity contribution in [2.75, 3.05) is 14.2 Å². The third-order valence-corrected chi connectivity index (χ3v) is 3.09. The normalized spacial score (nSPS) is 8.83. The maximum absolute atomic E-state index is 10.4. The number of ether oxygens (including phenoxy) is 3. The van der Waals surface area contributed by atoms with Crippen LogP contribution in [0.25, 0.3) is 0 Å². The standard InChI is InChI=1S/C8H7ClO3.C8H7ClO2.CH4/c1-11-7-3-2-6(9)4-8(7)12-5-10;1-11-8-3-2-7(9)4-6(8)5-10;/h2-5H,1H3;2-5H,1H3;1H4. The highest BCUT2D eigenvalue weighted by Crippen LogP contribution is 2.29. The number of rotatable bonds is 5. The fourth-order valence-corrected chi connectivity index (χ4v) is 1.93. The largest absolute Gasteiger partial charge is 0.496 e. The predicted octanol–water partition coefficient (Wildman–Crippen LogP) is 4.68. The fourth-order valence-electron chi connectivity index (χ4n) is 1.59. The molecule has 2 aromatic carbocycles. The van der Waals surface area contributed by atoms with Gasteiger partial charge < -0.3 is 14.2 Å². The zero-order valence-corrected chi connectivity index (χ0v) is 13.9. The molecule has 0 bridgehead atoms. The van der Waals surface area contributed by atoms with Crippen molar-refractivity contribution >= 4 is 36.0 Å². The van der Waals surface area contributed by atoms with Gasteiger partial charge in [0.2, 0.25) is 0 Å². The Morgan fingerprint density at radius 3 is 1.88 bits per heavy atom. The van der Waals surface area contributed by atoms with Crippen LogP contribution in [0.1, 0.15) is 17.8 Å². The number of methoxy groups -OCH3 is 2. The highest BCUT2D eigenvalue weighted by molar-refractivity contribution is 6.31. The van der Waals surface area contributed by atoms with Gasteiger partial charge in [0, 0.05) is 16.1 Å². The third kappa shape index (κ3) is 6.48. The minimum atomic E-state index is 0. The number of carbonyl (C=O) groups is 2. The van der Waals surface area contributed by atoms with Gasteiger partial charge in [-0.2, -0.15) is 0 Å². The van der Waals surface area contributed by atoms with Gasteiger partial charge in [0.25, 0.3) is 6.47 Å². The molecule has 0 aromatic heterocycles. The Morgan fingerprint density at radius 2 is 1.38 bits per heavy atom. The van der Waals surface area contributed by atoms with Crippen LogP contribution >= 0.6 is 23.2 Å². The van der Waals surface area contributed by atoms with Crippen molar-refractivity contribution < 1.29 is 23.8 Å². The molecule has 0 saturated heterocycles. The lowest BCUT2D eigenvalue weighted by atomic mass is 10.2. The summed E-state index contributed by atoms with van der Waals surface area (Å²) >= 11 is 11.3. The summed E-state index contributed by atoms with van der Waals surface area (Å²) in [7, 11) is 3.00. The SMILES string of the molecule is C.COc1ccc(Cl)cc1C=O.COc1ccc(Cl)cc1OC=O. The summed E-state index contributed by atoms with van der Waals surface area (Å²) in [6, 6.07) is 9.68. The van der Waals surface area contributed by atoms with Gasteiger partial charge in [0.05, 0.1) is 19.8 Å². The molecular weight excluding hydrogens is 355 g/mol. The molecule has 0 heterocycles. The molecule has 0 aliphatic heterocycles. The van der Waals surface area contributed by atoms with Crippen molar-refractivity contribution in [2.24, 2.45) is 0 Å². The Balaban J connectivity index is 0.000000425. The van der Waals surface area contributed by atoms with Crippen LogP contribution in [0, 0.1) is 0 Å². The van der Waals surface area contributed by atoms with Gasteiger partial charge in [0.15, 0.2) is 17.8 Å². The summed E-state index contributed by atoms with van der Waals surface area (Å²) < 4.78 is 14.4. The van der Waals surface area contributed by atoms with Crippen LogP contribution < -0.4 is 14.2 Å². The van der Waals surface area contributed by atoms with E-state index in [0.717, 1.165) is 0 Å². The molecular formula is C17H18Cl2O5. The molecule has 0 atom stereocenters. The minimum Gasteiger partial charge on any atom is -0.496 e. The lowest BCUT2D eigenvalue weighted by molar-refractivity contribution is -0.120. The second kappa shape index (κ2) is 11.3. The molecule has 5 nitrogen and oxygen atoms in total. The first-order valence-corrected chi connectivity index (χ1v) is 7.03. The smallest absolute Gasteiger partial charge is 0.298 e. The van der Waals surface area contributed by atoms with E-state index in [2.05, 4.69) is 4.74 Å². The topological polar surface area (TPSA) is 61.8 Å². The quantitative estimate of drug-likeness (QED) is 0.712. The van der Waals surface area contributed by atoms with Gasteiger partial charge in [-0.3, -0.25) is 9.59 Å². The Hall–Kier alpha value is -2.24. The van der Waals surface area contributed by atoms with Gasteiger partial charge in [-0.15, -0.1) is 0 Å². The highest BCUT2D eigenvalue weighted by Gasteiger charge is 2.03. The molecule has 7 heteroatoms. The maximum atomic E-state index is 10.4. The van der Waals surface area contributed by atoms with Crippen molar-refractivity contribution in [2.45, 2.75) is 7.43 Å². The number of aldehydes is 1. The van der Waals surface area contributed by atoms with Gasteiger partial charge in [-0.25, -0.2) is 0 Å². The first kappa shape index (κ1) is 21.8.